The third kappa shape index (κ3) is 3.88. The molecule has 1 amide bonds. The molecule has 23 heavy (non-hydrogen) atoms. The highest BCUT2D eigenvalue weighted by molar-refractivity contribution is 6.03. The van der Waals surface area contributed by atoms with Gasteiger partial charge in [-0.05, 0) is 37.1 Å². The Balaban J connectivity index is 2.23. The molecule has 0 atom stereocenters. The highest BCUT2D eigenvalue weighted by atomic mass is 16.5. The molecule has 1 aromatic heterocycles. The lowest BCUT2D eigenvalue weighted by Gasteiger charge is -2.01. The first-order valence-electron chi connectivity index (χ1n) is 7.40. The normalized spacial score (nSPS) is 10.7. The summed E-state index contributed by atoms with van der Waals surface area (Å²) in [5, 5.41) is 2.76. The van der Waals surface area contributed by atoms with Gasteiger partial charge in [-0.1, -0.05) is 25.1 Å². The van der Waals surface area contributed by atoms with E-state index in [1.54, 1.807) is 6.08 Å². The van der Waals surface area contributed by atoms with Gasteiger partial charge in [0, 0.05) is 23.0 Å². The standard InChI is InChI=1S/C18H20N2O3/c1-4-15-12(2)14(17(20-15)18(22)23-3)10-11-16(21)19-13-8-6-5-7-9-13/h5-11,20H,4H2,1-3H3,(H,19,21)/b11-10+. The van der Waals surface area contributed by atoms with E-state index in [-0.39, 0.29) is 5.91 Å². The van der Waals surface area contributed by atoms with Crippen LogP contribution in [0, 0.1) is 6.92 Å². The van der Waals surface area contributed by atoms with Crippen LogP contribution >= 0.6 is 0 Å². The topological polar surface area (TPSA) is 71.2 Å². The predicted molar refractivity (Wildman–Crippen MR) is 90.4 cm³/mol. The SMILES string of the molecule is CCc1[nH]c(C(=O)OC)c(/C=C/C(=O)Nc2ccccc2)c1C. The van der Waals surface area contributed by atoms with E-state index in [9.17, 15) is 9.59 Å². The summed E-state index contributed by atoms with van der Waals surface area (Å²) in [5.74, 6) is -0.707. The van der Waals surface area contributed by atoms with Gasteiger partial charge >= 0.3 is 5.97 Å². The lowest BCUT2D eigenvalue weighted by atomic mass is 10.1. The fourth-order valence-electron chi connectivity index (χ4n) is 2.35. The number of amides is 1. The number of para-hydroxylation sites is 1. The van der Waals surface area contributed by atoms with Crippen LogP contribution in [0.5, 0.6) is 0 Å². The van der Waals surface area contributed by atoms with Crippen molar-refractivity contribution in [2.24, 2.45) is 0 Å². The first-order chi connectivity index (χ1) is 11.1. The van der Waals surface area contributed by atoms with E-state index in [1.807, 2.05) is 44.2 Å². The van der Waals surface area contributed by atoms with Crippen molar-refractivity contribution in [3.8, 4) is 0 Å². The molecule has 2 aromatic rings. The fourth-order valence-corrected chi connectivity index (χ4v) is 2.35. The van der Waals surface area contributed by atoms with Crippen molar-refractivity contribution in [1.29, 1.82) is 0 Å². The summed E-state index contributed by atoms with van der Waals surface area (Å²) < 4.78 is 4.79. The van der Waals surface area contributed by atoms with Gasteiger partial charge in [-0.3, -0.25) is 4.79 Å². The highest BCUT2D eigenvalue weighted by Crippen LogP contribution is 2.21. The van der Waals surface area contributed by atoms with E-state index in [2.05, 4.69) is 10.3 Å². The molecule has 0 radical (unpaired) electrons. The number of aryl methyl sites for hydroxylation is 1. The van der Waals surface area contributed by atoms with Gasteiger partial charge in [-0.15, -0.1) is 0 Å². The highest BCUT2D eigenvalue weighted by Gasteiger charge is 2.17. The number of methoxy groups -OCH3 is 1. The fraction of sp³-hybridized carbons (Fsp3) is 0.222. The van der Waals surface area contributed by atoms with Crippen molar-refractivity contribution in [2.45, 2.75) is 20.3 Å². The van der Waals surface area contributed by atoms with Crippen LogP contribution in [0.3, 0.4) is 0 Å². The number of carbonyl (C=O) groups is 2. The molecule has 0 bridgehead atoms. The third-order valence-corrected chi connectivity index (χ3v) is 3.59. The van der Waals surface area contributed by atoms with Crippen molar-refractivity contribution >= 4 is 23.6 Å². The van der Waals surface area contributed by atoms with Gasteiger partial charge in [-0.25, -0.2) is 4.79 Å². The Morgan fingerprint density at radius 3 is 2.57 bits per heavy atom. The number of esters is 1. The number of carbonyl (C=O) groups excluding carboxylic acids is 2. The van der Waals surface area contributed by atoms with Crippen LogP contribution < -0.4 is 5.32 Å². The molecule has 0 fully saturated rings. The molecule has 0 unspecified atom stereocenters. The molecule has 5 heteroatoms. The molecular formula is C18H20N2O3. The molecule has 0 saturated carbocycles. The smallest absolute Gasteiger partial charge is 0.355 e. The number of aromatic nitrogens is 1. The Morgan fingerprint density at radius 2 is 1.96 bits per heavy atom. The lowest BCUT2D eigenvalue weighted by Crippen LogP contribution is -2.08. The average molecular weight is 312 g/mol. The van der Waals surface area contributed by atoms with Crippen molar-refractivity contribution in [3.63, 3.8) is 0 Å². The summed E-state index contributed by atoms with van der Waals surface area (Å²) in [5.41, 5.74) is 3.66. The maximum absolute atomic E-state index is 12.0. The quantitative estimate of drug-likeness (QED) is 0.657. The molecule has 5 nitrogen and oxygen atoms in total. The summed E-state index contributed by atoms with van der Waals surface area (Å²) in [6, 6.07) is 9.19. The van der Waals surface area contributed by atoms with Crippen molar-refractivity contribution < 1.29 is 14.3 Å². The summed E-state index contributed by atoms with van der Waals surface area (Å²) in [7, 11) is 1.33. The Bertz CT molecular complexity index is 730. The van der Waals surface area contributed by atoms with Crippen LogP contribution in [0.4, 0.5) is 5.69 Å². The molecular weight excluding hydrogens is 292 g/mol. The number of rotatable bonds is 5. The minimum absolute atomic E-state index is 0.259. The average Bonchev–Trinajstić information content (AvgIpc) is 2.89. The number of aromatic amines is 1. The molecule has 0 spiro atoms. The number of nitrogens with one attached hydrogen (secondary N) is 2. The summed E-state index contributed by atoms with van der Waals surface area (Å²) in [6.07, 6.45) is 3.81. The van der Waals surface area contributed by atoms with E-state index < -0.39 is 5.97 Å². The zero-order valence-corrected chi connectivity index (χ0v) is 13.5. The second-order valence-corrected chi connectivity index (χ2v) is 5.05. The maximum atomic E-state index is 12.0. The van der Waals surface area contributed by atoms with Gasteiger partial charge in [-0.2, -0.15) is 0 Å². The van der Waals surface area contributed by atoms with E-state index in [1.165, 1.54) is 13.2 Å². The Labute approximate surface area is 135 Å². The van der Waals surface area contributed by atoms with E-state index in [4.69, 9.17) is 4.74 Å². The maximum Gasteiger partial charge on any atom is 0.355 e. The van der Waals surface area contributed by atoms with Crippen LogP contribution in [0.25, 0.3) is 6.08 Å². The lowest BCUT2D eigenvalue weighted by molar-refractivity contribution is -0.111. The van der Waals surface area contributed by atoms with Crippen molar-refractivity contribution in [2.75, 3.05) is 12.4 Å². The van der Waals surface area contributed by atoms with Crippen LogP contribution in [0.1, 0.15) is 34.2 Å². The Morgan fingerprint density at radius 1 is 1.26 bits per heavy atom. The largest absolute Gasteiger partial charge is 0.464 e. The van der Waals surface area contributed by atoms with Gasteiger partial charge in [0.15, 0.2) is 0 Å². The Kier molecular flexibility index (Phi) is 5.36. The van der Waals surface area contributed by atoms with Gasteiger partial charge in [0.25, 0.3) is 0 Å². The molecule has 2 rings (SSSR count). The van der Waals surface area contributed by atoms with Crippen LogP contribution in [0.15, 0.2) is 36.4 Å². The minimum atomic E-state index is -0.448. The first kappa shape index (κ1) is 16.5. The van der Waals surface area contributed by atoms with Gasteiger partial charge in [0.2, 0.25) is 5.91 Å². The Hall–Kier alpha value is -2.82. The second kappa shape index (κ2) is 7.45. The summed E-state index contributed by atoms with van der Waals surface area (Å²) >= 11 is 0. The number of anilines is 1. The molecule has 120 valence electrons. The van der Waals surface area contributed by atoms with Crippen LogP contribution in [0.2, 0.25) is 0 Å². The minimum Gasteiger partial charge on any atom is -0.464 e. The van der Waals surface area contributed by atoms with Gasteiger partial charge in [0.1, 0.15) is 5.69 Å². The first-order valence-corrected chi connectivity index (χ1v) is 7.40. The number of ether oxygens (including phenoxy) is 1. The van der Waals surface area contributed by atoms with Gasteiger partial charge in [0.05, 0.1) is 7.11 Å². The van der Waals surface area contributed by atoms with E-state index in [0.717, 1.165) is 23.4 Å². The predicted octanol–water partition coefficient (Wildman–Crippen LogP) is 3.32. The second-order valence-electron chi connectivity index (χ2n) is 5.05. The van der Waals surface area contributed by atoms with Crippen LogP contribution in [-0.2, 0) is 16.0 Å². The van der Waals surface area contributed by atoms with Crippen molar-refractivity contribution in [3.05, 3.63) is 58.9 Å². The molecule has 1 aromatic carbocycles. The zero-order valence-electron chi connectivity index (χ0n) is 13.5. The molecule has 0 saturated heterocycles. The van der Waals surface area contributed by atoms with E-state index in [0.29, 0.717) is 11.3 Å². The molecule has 2 N–H and O–H groups in total. The van der Waals surface area contributed by atoms with Gasteiger partial charge < -0.3 is 15.0 Å². The monoisotopic (exact) mass is 312 g/mol. The summed E-state index contributed by atoms with van der Waals surface area (Å²) in [6.45, 7) is 3.91. The molecule has 0 aliphatic carbocycles. The number of benzene rings is 1. The third-order valence-electron chi connectivity index (χ3n) is 3.59. The van der Waals surface area contributed by atoms with Crippen molar-refractivity contribution in [1.82, 2.24) is 4.98 Å². The van der Waals surface area contributed by atoms with E-state index >= 15 is 0 Å². The number of hydrogen-bond acceptors (Lipinski definition) is 3. The summed E-state index contributed by atoms with van der Waals surface area (Å²) in [4.78, 5) is 26.9. The number of hydrogen-bond donors (Lipinski definition) is 2. The number of H-pyrrole nitrogens is 1. The zero-order chi connectivity index (χ0) is 16.8. The molecule has 1 heterocycles. The molecule has 0 aliphatic rings. The molecule has 0 aliphatic heterocycles. The van der Waals surface area contributed by atoms with Crippen LogP contribution in [-0.4, -0.2) is 24.0 Å².